The number of hydrogen-bond acceptors (Lipinski definition) is 4. The highest BCUT2D eigenvalue weighted by molar-refractivity contribution is 7.90. The van der Waals surface area contributed by atoms with Gasteiger partial charge in [0.25, 0.3) is 0 Å². The molecule has 0 unspecified atom stereocenters. The van der Waals surface area contributed by atoms with Gasteiger partial charge in [-0.2, -0.15) is 5.10 Å². The number of halogens is 1. The van der Waals surface area contributed by atoms with Gasteiger partial charge in [-0.15, -0.1) is 0 Å². The fourth-order valence-corrected chi connectivity index (χ4v) is 3.50. The zero-order valence-electron chi connectivity index (χ0n) is 13.8. The summed E-state index contributed by atoms with van der Waals surface area (Å²) in [6.07, 6.45) is 2.64. The first kappa shape index (κ1) is 16.4. The minimum atomic E-state index is -3.53. The molecule has 0 fully saturated rings. The Labute approximate surface area is 149 Å². The third-order valence-electron chi connectivity index (χ3n) is 4.04. The van der Waals surface area contributed by atoms with Crippen molar-refractivity contribution in [3.05, 3.63) is 72.7 Å². The average molecular weight is 367 g/mol. The van der Waals surface area contributed by atoms with Gasteiger partial charge in [-0.1, -0.05) is 36.4 Å². The Balaban J connectivity index is 1.79. The van der Waals surface area contributed by atoms with E-state index >= 15 is 0 Å². The monoisotopic (exact) mass is 367 g/mol. The maximum absolute atomic E-state index is 13.1. The molecule has 0 atom stereocenters. The third-order valence-corrected chi connectivity index (χ3v) is 4.97. The van der Waals surface area contributed by atoms with Gasteiger partial charge in [0.2, 0.25) is 15.0 Å². The zero-order chi connectivity index (χ0) is 18.3. The van der Waals surface area contributed by atoms with Gasteiger partial charge in [0.1, 0.15) is 5.82 Å². The standard InChI is InChI=1S/C19H14FN3O2S/c1-26(24,25)19-22-18(12-17-10-11-21-23(17)19)15-4-2-13(3-5-15)14-6-8-16(20)9-7-14/h2-12H,1H3. The highest BCUT2D eigenvalue weighted by Gasteiger charge is 2.17. The van der Waals surface area contributed by atoms with E-state index in [1.54, 1.807) is 24.3 Å². The van der Waals surface area contributed by atoms with E-state index in [1.807, 2.05) is 24.3 Å². The van der Waals surface area contributed by atoms with Crippen LogP contribution in [0.25, 0.3) is 27.9 Å². The SMILES string of the molecule is CS(=O)(=O)c1nc(-c2ccc(-c3ccc(F)cc3)cc2)cc2ccnn12. The number of fused-ring (bicyclic) bond motifs is 1. The molecule has 7 heteroatoms. The van der Waals surface area contributed by atoms with Crippen LogP contribution in [-0.2, 0) is 9.84 Å². The van der Waals surface area contributed by atoms with Crippen LogP contribution in [0.4, 0.5) is 4.39 Å². The van der Waals surface area contributed by atoms with E-state index in [9.17, 15) is 12.8 Å². The molecule has 2 aromatic heterocycles. The van der Waals surface area contributed by atoms with Crippen LogP contribution in [0, 0.1) is 5.82 Å². The summed E-state index contributed by atoms with van der Waals surface area (Å²) in [5, 5.41) is 3.93. The van der Waals surface area contributed by atoms with Gasteiger partial charge >= 0.3 is 0 Å². The molecule has 4 rings (SSSR count). The Morgan fingerprint density at radius 2 is 1.46 bits per heavy atom. The minimum Gasteiger partial charge on any atom is -0.221 e. The normalized spacial score (nSPS) is 11.8. The largest absolute Gasteiger partial charge is 0.249 e. The molecule has 26 heavy (non-hydrogen) atoms. The van der Waals surface area contributed by atoms with E-state index in [1.165, 1.54) is 22.8 Å². The summed E-state index contributed by atoms with van der Waals surface area (Å²) in [7, 11) is -3.53. The topological polar surface area (TPSA) is 64.3 Å². The van der Waals surface area contributed by atoms with E-state index in [2.05, 4.69) is 10.1 Å². The van der Waals surface area contributed by atoms with Crippen LogP contribution < -0.4 is 0 Å². The van der Waals surface area contributed by atoms with Crippen molar-refractivity contribution < 1.29 is 12.8 Å². The molecule has 0 saturated carbocycles. The first-order valence-electron chi connectivity index (χ1n) is 7.83. The molecule has 0 radical (unpaired) electrons. The van der Waals surface area contributed by atoms with Crippen molar-refractivity contribution in [1.82, 2.24) is 14.6 Å². The number of rotatable bonds is 3. The summed E-state index contributed by atoms with van der Waals surface area (Å²) in [5.74, 6) is -0.281. The third kappa shape index (κ3) is 2.97. The summed E-state index contributed by atoms with van der Waals surface area (Å²) < 4.78 is 38.5. The van der Waals surface area contributed by atoms with E-state index < -0.39 is 9.84 Å². The molecule has 0 aliphatic heterocycles. The predicted octanol–water partition coefficient (Wildman–Crippen LogP) is 3.61. The molecule has 130 valence electrons. The summed E-state index contributed by atoms with van der Waals surface area (Å²) in [6.45, 7) is 0. The van der Waals surface area contributed by atoms with E-state index in [-0.39, 0.29) is 11.0 Å². The van der Waals surface area contributed by atoms with Crippen molar-refractivity contribution in [2.45, 2.75) is 5.16 Å². The Morgan fingerprint density at radius 3 is 2.08 bits per heavy atom. The van der Waals surface area contributed by atoms with Crippen LogP contribution >= 0.6 is 0 Å². The van der Waals surface area contributed by atoms with Gasteiger partial charge in [0.05, 0.1) is 17.4 Å². The second-order valence-electron chi connectivity index (χ2n) is 5.95. The highest BCUT2D eigenvalue weighted by Crippen LogP contribution is 2.26. The lowest BCUT2D eigenvalue weighted by atomic mass is 10.0. The van der Waals surface area contributed by atoms with E-state index in [4.69, 9.17) is 0 Å². The number of benzene rings is 2. The van der Waals surface area contributed by atoms with E-state index in [0.717, 1.165) is 22.9 Å². The molecule has 0 saturated heterocycles. The van der Waals surface area contributed by atoms with Crippen LogP contribution in [0.5, 0.6) is 0 Å². The van der Waals surface area contributed by atoms with Crippen molar-refractivity contribution in [3.8, 4) is 22.4 Å². The summed E-state index contributed by atoms with van der Waals surface area (Å²) in [6, 6.07) is 17.3. The molecular formula is C19H14FN3O2S. The number of sulfone groups is 1. The Kier molecular flexibility index (Phi) is 3.81. The summed E-state index contributed by atoms with van der Waals surface area (Å²) in [5.41, 5.74) is 3.81. The quantitative estimate of drug-likeness (QED) is 0.519. The molecule has 0 bridgehead atoms. The molecule has 4 aromatic rings. The van der Waals surface area contributed by atoms with Crippen molar-refractivity contribution in [3.63, 3.8) is 0 Å². The molecule has 5 nitrogen and oxygen atoms in total. The Hall–Kier alpha value is -3.06. The van der Waals surface area contributed by atoms with Crippen LogP contribution in [0.2, 0.25) is 0 Å². The minimum absolute atomic E-state index is 0.0994. The van der Waals surface area contributed by atoms with Gasteiger partial charge < -0.3 is 0 Å². The van der Waals surface area contributed by atoms with Crippen molar-refractivity contribution in [2.75, 3.05) is 6.26 Å². The lowest BCUT2D eigenvalue weighted by Gasteiger charge is -2.08. The molecule has 0 aliphatic carbocycles. The molecular weight excluding hydrogens is 353 g/mol. The van der Waals surface area contributed by atoms with Crippen LogP contribution in [0.3, 0.4) is 0 Å². The number of aromatic nitrogens is 3. The summed E-state index contributed by atoms with van der Waals surface area (Å²) in [4.78, 5) is 4.29. The molecule has 2 heterocycles. The molecule has 0 aliphatic rings. The van der Waals surface area contributed by atoms with Gasteiger partial charge in [0, 0.05) is 11.8 Å². The lowest BCUT2D eigenvalue weighted by molar-refractivity contribution is 0.586. The highest BCUT2D eigenvalue weighted by atomic mass is 32.2. The van der Waals surface area contributed by atoms with Crippen LogP contribution in [0.1, 0.15) is 0 Å². The van der Waals surface area contributed by atoms with Crippen LogP contribution in [0.15, 0.2) is 72.0 Å². The molecule has 0 N–H and O–H groups in total. The summed E-state index contributed by atoms with van der Waals surface area (Å²) >= 11 is 0. The van der Waals surface area contributed by atoms with Crippen LogP contribution in [-0.4, -0.2) is 29.3 Å². The lowest BCUT2D eigenvalue weighted by Crippen LogP contribution is -2.09. The van der Waals surface area contributed by atoms with Gasteiger partial charge in [-0.3, -0.25) is 0 Å². The number of nitrogens with zero attached hydrogens (tertiary/aromatic N) is 3. The molecule has 0 spiro atoms. The first-order chi connectivity index (χ1) is 12.4. The maximum Gasteiger partial charge on any atom is 0.249 e. The predicted molar refractivity (Wildman–Crippen MR) is 96.9 cm³/mol. The van der Waals surface area contributed by atoms with Crippen molar-refractivity contribution in [1.29, 1.82) is 0 Å². The number of hydrogen-bond donors (Lipinski definition) is 0. The smallest absolute Gasteiger partial charge is 0.221 e. The first-order valence-corrected chi connectivity index (χ1v) is 9.72. The van der Waals surface area contributed by atoms with Gasteiger partial charge in [-0.25, -0.2) is 22.3 Å². The Morgan fingerprint density at radius 1 is 0.885 bits per heavy atom. The van der Waals surface area contributed by atoms with Crippen molar-refractivity contribution >= 4 is 15.4 Å². The van der Waals surface area contributed by atoms with Gasteiger partial charge in [-0.05, 0) is 35.4 Å². The molecule has 0 amide bonds. The van der Waals surface area contributed by atoms with E-state index in [0.29, 0.717) is 11.2 Å². The zero-order valence-corrected chi connectivity index (χ0v) is 14.6. The van der Waals surface area contributed by atoms with Crippen molar-refractivity contribution in [2.24, 2.45) is 0 Å². The second kappa shape index (κ2) is 6.03. The Bertz CT molecular complexity index is 1200. The fourth-order valence-electron chi connectivity index (χ4n) is 2.77. The fraction of sp³-hybridized carbons (Fsp3) is 0.0526. The average Bonchev–Trinajstić information content (AvgIpc) is 3.09. The maximum atomic E-state index is 13.1. The molecule has 2 aromatic carbocycles. The second-order valence-corrected chi connectivity index (χ2v) is 7.86. The van der Waals surface area contributed by atoms with Gasteiger partial charge in [0.15, 0.2) is 0 Å².